The molecule has 0 aromatic carbocycles. The van der Waals surface area contributed by atoms with Crippen LogP contribution < -0.4 is 10.6 Å². The van der Waals surface area contributed by atoms with E-state index in [1.807, 2.05) is 6.92 Å². The third-order valence-corrected chi connectivity index (χ3v) is 3.84. The van der Waals surface area contributed by atoms with Gasteiger partial charge < -0.3 is 15.5 Å². The van der Waals surface area contributed by atoms with Crippen LogP contribution in [0.3, 0.4) is 0 Å². The number of nitrogens with zero attached hydrogens (tertiary/aromatic N) is 1. The zero-order valence-electron chi connectivity index (χ0n) is 12.5. The fourth-order valence-electron chi connectivity index (χ4n) is 2.51. The molecule has 0 bridgehead atoms. The van der Waals surface area contributed by atoms with Gasteiger partial charge in [-0.05, 0) is 52.7 Å². The smallest absolute Gasteiger partial charge is 0.240 e. The van der Waals surface area contributed by atoms with Gasteiger partial charge in [0.2, 0.25) is 5.91 Å². The maximum atomic E-state index is 12.2. The van der Waals surface area contributed by atoms with Crippen molar-refractivity contribution in [3.05, 3.63) is 0 Å². The lowest BCUT2D eigenvalue weighted by molar-refractivity contribution is -0.126. The Bertz CT molecular complexity index is 270. The van der Waals surface area contributed by atoms with Crippen molar-refractivity contribution >= 4 is 5.91 Å². The SMILES string of the molecule is CC(C)CC(CNC(=O)C1(C)CCCN1)N(C)C. The molecule has 4 nitrogen and oxygen atoms in total. The standard InChI is InChI=1S/C14H29N3O/c1-11(2)9-12(17(4)5)10-15-13(18)14(3)7-6-8-16-14/h11-12,16H,6-10H2,1-5H3,(H,15,18). The second-order valence-electron chi connectivity index (χ2n) is 6.32. The van der Waals surface area contributed by atoms with Crippen molar-refractivity contribution in [3.8, 4) is 0 Å². The number of carbonyl (C=O) groups is 1. The molecule has 4 heteroatoms. The predicted octanol–water partition coefficient (Wildman–Crippen LogP) is 1.22. The molecular formula is C14H29N3O. The summed E-state index contributed by atoms with van der Waals surface area (Å²) in [6, 6.07) is 0.416. The summed E-state index contributed by atoms with van der Waals surface area (Å²) < 4.78 is 0. The zero-order valence-corrected chi connectivity index (χ0v) is 12.5. The summed E-state index contributed by atoms with van der Waals surface area (Å²) >= 11 is 0. The van der Waals surface area contributed by atoms with E-state index in [2.05, 4.69) is 43.5 Å². The first-order valence-corrected chi connectivity index (χ1v) is 7.05. The first-order valence-electron chi connectivity index (χ1n) is 7.05. The summed E-state index contributed by atoms with van der Waals surface area (Å²) in [5.41, 5.74) is -0.352. The van der Waals surface area contributed by atoms with Crippen molar-refractivity contribution in [2.75, 3.05) is 27.2 Å². The molecule has 1 rings (SSSR count). The Morgan fingerprint density at radius 2 is 2.11 bits per heavy atom. The van der Waals surface area contributed by atoms with Crippen LogP contribution in [0, 0.1) is 5.92 Å². The minimum Gasteiger partial charge on any atom is -0.353 e. The molecule has 0 radical (unpaired) electrons. The molecule has 0 aliphatic carbocycles. The molecule has 2 unspecified atom stereocenters. The van der Waals surface area contributed by atoms with Gasteiger partial charge in [-0.15, -0.1) is 0 Å². The van der Waals surface area contributed by atoms with Crippen LogP contribution in [0.25, 0.3) is 0 Å². The lowest BCUT2D eigenvalue weighted by atomic mass is 9.98. The Balaban J connectivity index is 2.44. The van der Waals surface area contributed by atoms with E-state index < -0.39 is 0 Å². The van der Waals surface area contributed by atoms with Gasteiger partial charge in [0.25, 0.3) is 0 Å². The fourth-order valence-corrected chi connectivity index (χ4v) is 2.51. The lowest BCUT2D eigenvalue weighted by Crippen LogP contribution is -2.53. The van der Waals surface area contributed by atoms with Gasteiger partial charge in [-0.2, -0.15) is 0 Å². The Morgan fingerprint density at radius 3 is 2.56 bits per heavy atom. The average Bonchev–Trinajstić information content (AvgIpc) is 2.71. The van der Waals surface area contributed by atoms with Crippen LogP contribution in [-0.2, 0) is 4.79 Å². The second-order valence-corrected chi connectivity index (χ2v) is 6.32. The highest BCUT2D eigenvalue weighted by Gasteiger charge is 2.35. The topological polar surface area (TPSA) is 44.4 Å². The monoisotopic (exact) mass is 255 g/mol. The summed E-state index contributed by atoms with van der Waals surface area (Å²) in [6.07, 6.45) is 3.14. The van der Waals surface area contributed by atoms with Gasteiger partial charge in [0.15, 0.2) is 0 Å². The van der Waals surface area contributed by atoms with Gasteiger partial charge in [0.1, 0.15) is 0 Å². The van der Waals surface area contributed by atoms with E-state index in [1.165, 1.54) is 0 Å². The molecule has 106 valence electrons. The predicted molar refractivity (Wildman–Crippen MR) is 75.6 cm³/mol. The molecule has 0 spiro atoms. The van der Waals surface area contributed by atoms with E-state index in [0.717, 1.165) is 32.4 Å². The molecule has 1 saturated heterocycles. The summed E-state index contributed by atoms with van der Waals surface area (Å²) in [5.74, 6) is 0.796. The number of hydrogen-bond acceptors (Lipinski definition) is 3. The van der Waals surface area contributed by atoms with Crippen molar-refractivity contribution in [2.45, 2.75) is 51.6 Å². The van der Waals surface area contributed by atoms with E-state index in [1.54, 1.807) is 0 Å². The van der Waals surface area contributed by atoms with Gasteiger partial charge in [0, 0.05) is 12.6 Å². The van der Waals surface area contributed by atoms with Gasteiger partial charge in [-0.1, -0.05) is 13.8 Å². The molecule has 2 atom stereocenters. The number of hydrogen-bond donors (Lipinski definition) is 2. The molecule has 1 aliphatic rings. The van der Waals surface area contributed by atoms with Crippen molar-refractivity contribution in [1.82, 2.24) is 15.5 Å². The Hall–Kier alpha value is -0.610. The molecule has 0 saturated carbocycles. The summed E-state index contributed by atoms with van der Waals surface area (Å²) in [4.78, 5) is 14.4. The van der Waals surface area contributed by atoms with E-state index in [0.29, 0.717) is 12.0 Å². The zero-order chi connectivity index (χ0) is 13.8. The Morgan fingerprint density at radius 1 is 1.44 bits per heavy atom. The van der Waals surface area contributed by atoms with Gasteiger partial charge >= 0.3 is 0 Å². The normalized spacial score (nSPS) is 25.7. The molecular weight excluding hydrogens is 226 g/mol. The lowest BCUT2D eigenvalue weighted by Gasteiger charge is -2.29. The molecule has 1 fully saturated rings. The quantitative estimate of drug-likeness (QED) is 0.750. The van der Waals surface area contributed by atoms with Crippen molar-refractivity contribution in [2.24, 2.45) is 5.92 Å². The molecule has 1 amide bonds. The number of amides is 1. The van der Waals surface area contributed by atoms with Crippen molar-refractivity contribution in [3.63, 3.8) is 0 Å². The molecule has 1 aliphatic heterocycles. The molecule has 2 N–H and O–H groups in total. The second kappa shape index (κ2) is 6.53. The third-order valence-electron chi connectivity index (χ3n) is 3.84. The van der Waals surface area contributed by atoms with Crippen LogP contribution in [0.1, 0.15) is 40.0 Å². The van der Waals surface area contributed by atoms with Gasteiger partial charge in [-0.3, -0.25) is 4.79 Å². The number of rotatable bonds is 6. The number of nitrogens with one attached hydrogen (secondary N) is 2. The minimum atomic E-state index is -0.352. The van der Waals surface area contributed by atoms with Crippen LogP contribution in [0.2, 0.25) is 0 Å². The first-order chi connectivity index (χ1) is 8.35. The number of likely N-dealkylation sites (N-methyl/N-ethyl adjacent to an activating group) is 1. The van der Waals surface area contributed by atoms with E-state index >= 15 is 0 Å². The maximum absolute atomic E-state index is 12.2. The van der Waals surface area contributed by atoms with Crippen LogP contribution >= 0.6 is 0 Å². The van der Waals surface area contributed by atoms with Crippen molar-refractivity contribution in [1.29, 1.82) is 0 Å². The maximum Gasteiger partial charge on any atom is 0.240 e. The molecule has 0 aromatic rings. The van der Waals surface area contributed by atoms with E-state index in [4.69, 9.17) is 0 Å². The van der Waals surface area contributed by atoms with Crippen LogP contribution in [0.15, 0.2) is 0 Å². The highest BCUT2D eigenvalue weighted by molar-refractivity contribution is 5.86. The third kappa shape index (κ3) is 4.25. The highest BCUT2D eigenvalue weighted by Crippen LogP contribution is 2.18. The van der Waals surface area contributed by atoms with E-state index in [9.17, 15) is 4.79 Å². The Kier molecular flexibility index (Phi) is 5.60. The van der Waals surface area contributed by atoms with Gasteiger partial charge in [0.05, 0.1) is 5.54 Å². The number of carbonyl (C=O) groups excluding carboxylic acids is 1. The molecule has 0 aromatic heterocycles. The molecule has 1 heterocycles. The fraction of sp³-hybridized carbons (Fsp3) is 0.929. The van der Waals surface area contributed by atoms with E-state index in [-0.39, 0.29) is 11.4 Å². The first kappa shape index (κ1) is 15.4. The average molecular weight is 255 g/mol. The van der Waals surface area contributed by atoms with Crippen molar-refractivity contribution < 1.29 is 4.79 Å². The largest absolute Gasteiger partial charge is 0.353 e. The summed E-state index contributed by atoms with van der Waals surface area (Å²) in [6.45, 7) is 8.13. The summed E-state index contributed by atoms with van der Waals surface area (Å²) in [5, 5.41) is 6.41. The highest BCUT2D eigenvalue weighted by atomic mass is 16.2. The Labute approximate surface area is 111 Å². The van der Waals surface area contributed by atoms with Crippen LogP contribution in [-0.4, -0.2) is 49.6 Å². The van der Waals surface area contributed by atoms with Crippen LogP contribution in [0.4, 0.5) is 0 Å². The van der Waals surface area contributed by atoms with Gasteiger partial charge in [-0.25, -0.2) is 0 Å². The molecule has 18 heavy (non-hydrogen) atoms. The minimum absolute atomic E-state index is 0.149. The summed E-state index contributed by atoms with van der Waals surface area (Å²) in [7, 11) is 4.16. The van der Waals surface area contributed by atoms with Crippen LogP contribution in [0.5, 0.6) is 0 Å².